The first-order valence-electron chi connectivity index (χ1n) is 8.06. The van der Waals surface area contributed by atoms with Crippen LogP contribution < -0.4 is 0 Å². The summed E-state index contributed by atoms with van der Waals surface area (Å²) in [5.41, 5.74) is 1.39. The lowest BCUT2D eigenvalue weighted by Crippen LogP contribution is -2.38. The molecule has 0 atom stereocenters. The minimum Gasteiger partial charge on any atom is -0.481 e. The van der Waals surface area contributed by atoms with Gasteiger partial charge in [0.15, 0.2) is 0 Å². The standard InChI is InChI=1S/C16H25N3O4/c1-11(2)18(7-4-15(20)21)16(22)14-10-17-19(12(14)3)13-5-8-23-9-6-13/h10-11,13H,4-9H2,1-3H3,(H,20,21). The maximum atomic E-state index is 12.8. The molecular weight excluding hydrogens is 298 g/mol. The number of ether oxygens (including phenoxy) is 1. The molecule has 128 valence electrons. The molecule has 0 bridgehead atoms. The number of carboxylic acid groups (broad SMARTS) is 1. The molecule has 0 saturated carbocycles. The number of nitrogens with zero attached hydrogens (tertiary/aromatic N) is 3. The van der Waals surface area contributed by atoms with E-state index in [1.165, 1.54) is 0 Å². The van der Waals surface area contributed by atoms with Gasteiger partial charge in [-0.2, -0.15) is 5.10 Å². The Balaban J connectivity index is 2.17. The number of aromatic nitrogens is 2. The van der Waals surface area contributed by atoms with Gasteiger partial charge in [-0.05, 0) is 33.6 Å². The van der Waals surface area contributed by atoms with Gasteiger partial charge in [0.2, 0.25) is 0 Å². The molecule has 7 nitrogen and oxygen atoms in total. The summed E-state index contributed by atoms with van der Waals surface area (Å²) < 4.78 is 7.28. The first-order chi connectivity index (χ1) is 10.9. The van der Waals surface area contributed by atoms with Crippen molar-refractivity contribution in [3.05, 3.63) is 17.5 Å². The molecule has 1 aliphatic rings. The van der Waals surface area contributed by atoms with Gasteiger partial charge in [-0.15, -0.1) is 0 Å². The Bertz CT molecular complexity index is 562. The number of hydrogen-bond acceptors (Lipinski definition) is 4. The van der Waals surface area contributed by atoms with Crippen LogP contribution in [0, 0.1) is 6.92 Å². The van der Waals surface area contributed by atoms with Gasteiger partial charge in [0.05, 0.1) is 24.2 Å². The molecule has 1 aromatic heterocycles. The number of carbonyl (C=O) groups excluding carboxylic acids is 1. The number of carboxylic acids is 1. The first-order valence-corrected chi connectivity index (χ1v) is 8.06. The van der Waals surface area contributed by atoms with Gasteiger partial charge in [-0.3, -0.25) is 14.3 Å². The van der Waals surface area contributed by atoms with E-state index >= 15 is 0 Å². The average Bonchev–Trinajstić information content (AvgIpc) is 2.89. The summed E-state index contributed by atoms with van der Waals surface area (Å²) in [5, 5.41) is 13.3. The van der Waals surface area contributed by atoms with Gasteiger partial charge in [-0.1, -0.05) is 0 Å². The van der Waals surface area contributed by atoms with Crippen LogP contribution in [0.5, 0.6) is 0 Å². The Morgan fingerprint density at radius 3 is 2.65 bits per heavy atom. The van der Waals surface area contributed by atoms with Crippen molar-refractivity contribution in [3.63, 3.8) is 0 Å². The molecular formula is C16H25N3O4. The molecule has 2 heterocycles. The zero-order valence-corrected chi connectivity index (χ0v) is 14.0. The number of rotatable bonds is 6. The van der Waals surface area contributed by atoms with Crippen LogP contribution in [0.4, 0.5) is 0 Å². The molecule has 1 saturated heterocycles. The zero-order valence-electron chi connectivity index (χ0n) is 14.0. The monoisotopic (exact) mass is 323 g/mol. The predicted octanol–water partition coefficient (Wildman–Crippen LogP) is 1.87. The maximum absolute atomic E-state index is 12.8. The zero-order chi connectivity index (χ0) is 17.0. The second-order valence-corrected chi connectivity index (χ2v) is 6.17. The normalized spacial score (nSPS) is 15.8. The number of amides is 1. The van der Waals surface area contributed by atoms with Crippen molar-refractivity contribution in [2.24, 2.45) is 0 Å². The Kier molecular flexibility index (Phi) is 5.76. The van der Waals surface area contributed by atoms with Crippen LogP contribution in [0.15, 0.2) is 6.20 Å². The summed E-state index contributed by atoms with van der Waals surface area (Å²) in [4.78, 5) is 25.2. The van der Waals surface area contributed by atoms with E-state index in [1.807, 2.05) is 25.5 Å². The molecule has 2 rings (SSSR count). The van der Waals surface area contributed by atoms with Gasteiger partial charge in [0, 0.05) is 31.5 Å². The summed E-state index contributed by atoms with van der Waals surface area (Å²) >= 11 is 0. The quantitative estimate of drug-likeness (QED) is 0.864. The average molecular weight is 323 g/mol. The molecule has 1 aliphatic heterocycles. The summed E-state index contributed by atoms with van der Waals surface area (Å²) in [5.74, 6) is -1.06. The Morgan fingerprint density at radius 1 is 1.43 bits per heavy atom. The third-order valence-electron chi connectivity index (χ3n) is 4.26. The minimum absolute atomic E-state index is 0.0585. The summed E-state index contributed by atoms with van der Waals surface area (Å²) in [6.45, 7) is 7.29. The molecule has 1 aromatic rings. The van der Waals surface area contributed by atoms with Crippen LogP contribution in [-0.2, 0) is 9.53 Å². The van der Waals surface area contributed by atoms with E-state index < -0.39 is 5.97 Å². The predicted molar refractivity (Wildman–Crippen MR) is 84.5 cm³/mol. The highest BCUT2D eigenvalue weighted by Gasteiger charge is 2.26. The summed E-state index contributed by atoms with van der Waals surface area (Å²) in [6, 6.07) is 0.199. The van der Waals surface area contributed by atoms with E-state index in [1.54, 1.807) is 11.1 Å². The van der Waals surface area contributed by atoms with Crippen LogP contribution in [0.25, 0.3) is 0 Å². The largest absolute Gasteiger partial charge is 0.481 e. The number of aliphatic carboxylic acids is 1. The van der Waals surface area contributed by atoms with Crippen molar-refractivity contribution in [1.82, 2.24) is 14.7 Å². The maximum Gasteiger partial charge on any atom is 0.305 e. The summed E-state index contributed by atoms with van der Waals surface area (Å²) in [7, 11) is 0. The van der Waals surface area contributed by atoms with Crippen LogP contribution in [0.1, 0.15) is 55.2 Å². The Labute approximate surface area is 136 Å². The molecule has 1 amide bonds. The molecule has 0 unspecified atom stereocenters. The molecule has 23 heavy (non-hydrogen) atoms. The fraction of sp³-hybridized carbons (Fsp3) is 0.688. The highest BCUT2D eigenvalue weighted by molar-refractivity contribution is 5.95. The van der Waals surface area contributed by atoms with Crippen molar-refractivity contribution >= 4 is 11.9 Å². The van der Waals surface area contributed by atoms with Crippen molar-refractivity contribution in [1.29, 1.82) is 0 Å². The van der Waals surface area contributed by atoms with Crippen LogP contribution in [0.2, 0.25) is 0 Å². The van der Waals surface area contributed by atoms with Gasteiger partial charge in [-0.25, -0.2) is 0 Å². The molecule has 0 aromatic carbocycles. The highest BCUT2D eigenvalue weighted by Crippen LogP contribution is 2.24. The van der Waals surface area contributed by atoms with Crippen LogP contribution >= 0.6 is 0 Å². The van der Waals surface area contributed by atoms with Gasteiger partial charge < -0.3 is 14.7 Å². The van der Waals surface area contributed by atoms with Crippen molar-refractivity contribution < 1.29 is 19.4 Å². The fourth-order valence-corrected chi connectivity index (χ4v) is 2.90. The third kappa shape index (κ3) is 4.10. The van der Waals surface area contributed by atoms with E-state index in [-0.39, 0.29) is 31.0 Å². The van der Waals surface area contributed by atoms with E-state index in [4.69, 9.17) is 9.84 Å². The second kappa shape index (κ2) is 7.59. The Morgan fingerprint density at radius 2 is 2.09 bits per heavy atom. The molecule has 0 radical (unpaired) electrons. The molecule has 0 aliphatic carbocycles. The summed E-state index contributed by atoms with van der Waals surface area (Å²) in [6.07, 6.45) is 3.33. The first kappa shape index (κ1) is 17.5. The van der Waals surface area contributed by atoms with Crippen molar-refractivity contribution in [2.75, 3.05) is 19.8 Å². The van der Waals surface area contributed by atoms with Gasteiger partial charge in [0.25, 0.3) is 5.91 Å². The Hall–Kier alpha value is -1.89. The molecule has 1 N–H and O–H groups in total. The molecule has 7 heteroatoms. The molecule has 0 spiro atoms. The lowest BCUT2D eigenvalue weighted by Gasteiger charge is -2.27. The third-order valence-corrected chi connectivity index (χ3v) is 4.26. The van der Waals surface area contributed by atoms with E-state index in [0.29, 0.717) is 18.8 Å². The van der Waals surface area contributed by atoms with Crippen molar-refractivity contribution in [2.45, 2.75) is 52.1 Å². The topological polar surface area (TPSA) is 84.7 Å². The lowest BCUT2D eigenvalue weighted by molar-refractivity contribution is -0.137. The van der Waals surface area contributed by atoms with E-state index in [2.05, 4.69) is 5.10 Å². The lowest BCUT2D eigenvalue weighted by atomic mass is 10.1. The van der Waals surface area contributed by atoms with Crippen molar-refractivity contribution in [3.8, 4) is 0 Å². The number of carbonyl (C=O) groups is 2. The second-order valence-electron chi connectivity index (χ2n) is 6.17. The smallest absolute Gasteiger partial charge is 0.305 e. The molecule has 1 fully saturated rings. The van der Waals surface area contributed by atoms with Crippen LogP contribution in [-0.4, -0.2) is 57.5 Å². The van der Waals surface area contributed by atoms with E-state index in [0.717, 1.165) is 18.5 Å². The van der Waals surface area contributed by atoms with Gasteiger partial charge in [0.1, 0.15) is 0 Å². The fourth-order valence-electron chi connectivity index (χ4n) is 2.90. The minimum atomic E-state index is -0.905. The van der Waals surface area contributed by atoms with Crippen LogP contribution in [0.3, 0.4) is 0 Å². The SMILES string of the molecule is Cc1c(C(=O)N(CCC(=O)O)C(C)C)cnn1C1CCOCC1. The number of hydrogen-bond donors (Lipinski definition) is 1. The van der Waals surface area contributed by atoms with Gasteiger partial charge >= 0.3 is 5.97 Å². The highest BCUT2D eigenvalue weighted by atomic mass is 16.5. The van der Waals surface area contributed by atoms with E-state index in [9.17, 15) is 9.59 Å².